The van der Waals surface area contributed by atoms with E-state index in [0.29, 0.717) is 21.2 Å². The highest BCUT2D eigenvalue weighted by molar-refractivity contribution is 6.39. The highest BCUT2D eigenvalue weighted by Gasteiger charge is 2.26. The molecular formula is C18H14Cl2N4O3. The van der Waals surface area contributed by atoms with Gasteiger partial charge in [0.25, 0.3) is 0 Å². The number of carbonyl (C=O) groups is 1. The largest absolute Gasteiger partial charge is 0.380 e. The highest BCUT2D eigenvalue weighted by Crippen LogP contribution is 2.36. The van der Waals surface area contributed by atoms with Crippen molar-refractivity contribution in [1.82, 2.24) is 10.1 Å². The zero-order valence-corrected chi connectivity index (χ0v) is 15.9. The van der Waals surface area contributed by atoms with Crippen molar-refractivity contribution in [3.8, 4) is 11.3 Å². The number of aromatic nitrogens is 2. The number of benzene rings is 1. The Morgan fingerprint density at radius 1 is 1.19 bits per heavy atom. The number of amidine groups is 1. The summed E-state index contributed by atoms with van der Waals surface area (Å²) in [6.45, 7) is 3.40. The highest BCUT2D eigenvalue weighted by atomic mass is 35.5. The number of aryl methyl sites for hydroxylation is 2. The van der Waals surface area contributed by atoms with Gasteiger partial charge in [-0.1, -0.05) is 39.6 Å². The third-order valence-electron chi connectivity index (χ3n) is 3.70. The third kappa shape index (κ3) is 3.94. The van der Waals surface area contributed by atoms with Gasteiger partial charge in [0.05, 0.1) is 10.0 Å². The molecular weight excluding hydrogens is 391 g/mol. The van der Waals surface area contributed by atoms with Gasteiger partial charge in [0.15, 0.2) is 5.84 Å². The van der Waals surface area contributed by atoms with Crippen molar-refractivity contribution in [2.24, 2.45) is 10.9 Å². The Kier molecular flexibility index (Phi) is 5.43. The third-order valence-corrected chi connectivity index (χ3v) is 4.33. The fraction of sp³-hybridized carbons (Fsp3) is 0.111. The monoisotopic (exact) mass is 404 g/mol. The van der Waals surface area contributed by atoms with E-state index in [-0.39, 0.29) is 22.9 Å². The molecule has 2 heterocycles. The van der Waals surface area contributed by atoms with Crippen molar-refractivity contribution >= 4 is 35.0 Å². The van der Waals surface area contributed by atoms with E-state index < -0.39 is 5.97 Å². The number of oxime groups is 1. The lowest BCUT2D eigenvalue weighted by molar-refractivity contribution is 0.0515. The molecule has 3 rings (SSSR count). The van der Waals surface area contributed by atoms with E-state index in [1.807, 2.05) is 6.92 Å². The van der Waals surface area contributed by atoms with Gasteiger partial charge >= 0.3 is 5.97 Å². The summed E-state index contributed by atoms with van der Waals surface area (Å²) in [6, 6.07) is 8.42. The predicted molar refractivity (Wildman–Crippen MR) is 102 cm³/mol. The van der Waals surface area contributed by atoms with Gasteiger partial charge in [-0.3, -0.25) is 4.98 Å². The van der Waals surface area contributed by atoms with Gasteiger partial charge in [-0.2, -0.15) is 0 Å². The fourth-order valence-electron chi connectivity index (χ4n) is 2.32. The minimum atomic E-state index is -0.803. The Bertz CT molecular complexity index is 1010. The summed E-state index contributed by atoms with van der Waals surface area (Å²) < 4.78 is 5.13. The predicted octanol–water partition coefficient (Wildman–Crippen LogP) is 4.14. The summed E-state index contributed by atoms with van der Waals surface area (Å²) in [5.41, 5.74) is 7.77. The second-order valence-electron chi connectivity index (χ2n) is 5.60. The summed E-state index contributed by atoms with van der Waals surface area (Å²) >= 11 is 12.4. The zero-order chi connectivity index (χ0) is 19.6. The van der Waals surface area contributed by atoms with Crippen LogP contribution in [-0.4, -0.2) is 21.9 Å². The molecule has 7 nitrogen and oxygen atoms in total. The number of pyridine rings is 1. The lowest BCUT2D eigenvalue weighted by atomic mass is 10.1. The summed E-state index contributed by atoms with van der Waals surface area (Å²) in [6.07, 6.45) is 1.53. The molecule has 0 spiro atoms. The van der Waals surface area contributed by atoms with Gasteiger partial charge in [-0.15, -0.1) is 0 Å². The van der Waals surface area contributed by atoms with Crippen LogP contribution < -0.4 is 5.73 Å². The van der Waals surface area contributed by atoms with E-state index in [1.54, 1.807) is 37.3 Å². The van der Waals surface area contributed by atoms with Crippen molar-refractivity contribution in [2.45, 2.75) is 13.8 Å². The maximum absolute atomic E-state index is 12.5. The van der Waals surface area contributed by atoms with E-state index in [1.165, 1.54) is 6.20 Å². The molecule has 2 N–H and O–H groups in total. The molecule has 27 heavy (non-hydrogen) atoms. The van der Waals surface area contributed by atoms with Crippen LogP contribution in [0.2, 0.25) is 10.0 Å². The van der Waals surface area contributed by atoms with E-state index in [0.717, 1.165) is 5.69 Å². The van der Waals surface area contributed by atoms with Gasteiger partial charge < -0.3 is 15.1 Å². The maximum Gasteiger partial charge on any atom is 0.371 e. The van der Waals surface area contributed by atoms with Crippen LogP contribution in [0.1, 0.15) is 27.4 Å². The number of nitrogens with zero attached hydrogens (tertiary/aromatic N) is 3. The molecule has 0 saturated carbocycles. The fourth-order valence-corrected chi connectivity index (χ4v) is 2.89. The van der Waals surface area contributed by atoms with Gasteiger partial charge in [-0.05, 0) is 38.1 Å². The van der Waals surface area contributed by atoms with Crippen molar-refractivity contribution in [3.63, 3.8) is 0 Å². The molecule has 0 aliphatic heterocycles. The van der Waals surface area contributed by atoms with Gasteiger partial charge in [0.1, 0.15) is 17.0 Å². The Morgan fingerprint density at radius 3 is 2.52 bits per heavy atom. The molecule has 3 aromatic rings. The number of hydrogen-bond acceptors (Lipinski definition) is 6. The zero-order valence-electron chi connectivity index (χ0n) is 14.4. The molecule has 2 aromatic heterocycles. The van der Waals surface area contributed by atoms with Crippen LogP contribution in [0.25, 0.3) is 11.3 Å². The first-order valence-electron chi connectivity index (χ1n) is 7.77. The topological polar surface area (TPSA) is 104 Å². The average Bonchev–Trinajstić information content (AvgIpc) is 3.01. The smallest absolute Gasteiger partial charge is 0.371 e. The second-order valence-corrected chi connectivity index (χ2v) is 6.42. The molecule has 0 fully saturated rings. The van der Waals surface area contributed by atoms with E-state index in [4.69, 9.17) is 38.3 Å². The molecule has 0 aliphatic rings. The number of hydrogen-bond donors (Lipinski definition) is 1. The number of carbonyl (C=O) groups excluding carboxylic acids is 1. The van der Waals surface area contributed by atoms with Crippen LogP contribution in [-0.2, 0) is 4.84 Å². The van der Waals surface area contributed by atoms with E-state index in [9.17, 15) is 4.79 Å². The van der Waals surface area contributed by atoms with Crippen molar-refractivity contribution in [2.75, 3.05) is 0 Å². The SMILES string of the molecule is Cc1ccc(/C(N)=N/OC(=O)c2c(-c3c(Cl)cccc3Cl)noc2C)cn1. The van der Waals surface area contributed by atoms with Crippen LogP contribution in [0, 0.1) is 13.8 Å². The van der Waals surface area contributed by atoms with Crippen LogP contribution in [0.15, 0.2) is 46.2 Å². The van der Waals surface area contributed by atoms with Gasteiger partial charge in [-0.25, -0.2) is 4.79 Å². The molecule has 0 saturated heterocycles. The normalized spacial score (nSPS) is 11.5. The lowest BCUT2D eigenvalue weighted by Gasteiger charge is -2.05. The summed E-state index contributed by atoms with van der Waals surface area (Å²) in [5, 5.41) is 8.20. The molecule has 0 atom stereocenters. The molecule has 0 unspecified atom stereocenters. The standard InChI is InChI=1S/C18H14Cl2N4O3/c1-9-6-7-11(8-22-9)17(21)24-27-18(25)14-10(2)26-23-16(14)15-12(19)4-3-5-13(15)20/h3-8H,1-2H3,(H2,21,24). The van der Waals surface area contributed by atoms with Gasteiger partial charge in [0.2, 0.25) is 0 Å². The molecule has 138 valence electrons. The van der Waals surface area contributed by atoms with E-state index >= 15 is 0 Å². The minimum absolute atomic E-state index is 0.00211. The molecule has 1 aromatic carbocycles. The molecule has 0 aliphatic carbocycles. The Hall–Kier alpha value is -2.90. The van der Waals surface area contributed by atoms with Gasteiger partial charge in [0, 0.05) is 23.0 Å². The van der Waals surface area contributed by atoms with Crippen LogP contribution in [0.5, 0.6) is 0 Å². The quantitative estimate of drug-likeness (QED) is 0.303. The van der Waals surface area contributed by atoms with Crippen molar-refractivity contribution in [3.05, 3.63) is 69.2 Å². The molecule has 0 bridgehead atoms. The molecule has 0 amide bonds. The first kappa shape index (κ1) is 18.9. The molecule has 0 radical (unpaired) electrons. The first-order valence-corrected chi connectivity index (χ1v) is 8.52. The Morgan fingerprint density at radius 2 is 1.89 bits per heavy atom. The second kappa shape index (κ2) is 7.77. The Labute approximate surface area is 164 Å². The Balaban J connectivity index is 1.91. The maximum atomic E-state index is 12.5. The van der Waals surface area contributed by atoms with Crippen molar-refractivity contribution < 1.29 is 14.2 Å². The summed E-state index contributed by atoms with van der Waals surface area (Å²) in [7, 11) is 0. The van der Waals surface area contributed by atoms with E-state index in [2.05, 4.69) is 15.3 Å². The number of rotatable bonds is 4. The number of nitrogens with two attached hydrogens (primary N) is 1. The number of halogens is 2. The lowest BCUT2D eigenvalue weighted by Crippen LogP contribution is -2.16. The first-order chi connectivity index (χ1) is 12.9. The van der Waals surface area contributed by atoms with Crippen LogP contribution >= 0.6 is 23.2 Å². The molecule has 9 heteroatoms. The summed E-state index contributed by atoms with van der Waals surface area (Å²) in [5.74, 6) is -0.568. The van der Waals surface area contributed by atoms with Crippen LogP contribution in [0.3, 0.4) is 0 Å². The van der Waals surface area contributed by atoms with Crippen molar-refractivity contribution in [1.29, 1.82) is 0 Å². The van der Waals surface area contributed by atoms with Crippen LogP contribution in [0.4, 0.5) is 0 Å². The minimum Gasteiger partial charge on any atom is -0.380 e. The average molecular weight is 405 g/mol. The summed E-state index contributed by atoms with van der Waals surface area (Å²) in [4.78, 5) is 21.6.